The fourth-order valence-corrected chi connectivity index (χ4v) is 7.46. The van der Waals surface area contributed by atoms with Crippen molar-refractivity contribution in [2.75, 3.05) is 20.1 Å². The second kappa shape index (κ2) is 7.66. The standard InChI is InChI=1S/C20H19N7O4S2/c1-27-10-14(11-27)32(28,29)17-7-6-15(13-8-12-4-2-3-5-16(12)22-9-13)18(19(17)33(21,30)31)20-23-25-26-24-20/h2-9,14H,10-11H2,1H3,(H2,21,30,31)(H,23,24,25,26). The maximum atomic E-state index is 13.4. The van der Waals surface area contributed by atoms with E-state index in [-0.39, 0.29) is 16.3 Å². The van der Waals surface area contributed by atoms with Gasteiger partial charge in [0.2, 0.25) is 10.0 Å². The van der Waals surface area contributed by atoms with Gasteiger partial charge in [-0.15, -0.1) is 5.10 Å². The average molecular weight is 486 g/mol. The number of para-hydroxylation sites is 1. The first-order valence-corrected chi connectivity index (χ1v) is 13.0. The van der Waals surface area contributed by atoms with Crippen LogP contribution in [0.5, 0.6) is 0 Å². The molecule has 0 radical (unpaired) electrons. The average Bonchev–Trinajstić information content (AvgIpc) is 3.29. The number of likely N-dealkylation sites (tertiary alicyclic amines) is 1. The third-order valence-corrected chi connectivity index (χ3v) is 8.92. The highest BCUT2D eigenvalue weighted by Gasteiger charge is 2.40. The maximum absolute atomic E-state index is 13.4. The van der Waals surface area contributed by atoms with Crippen molar-refractivity contribution in [2.45, 2.75) is 15.0 Å². The van der Waals surface area contributed by atoms with E-state index in [0.717, 1.165) is 10.9 Å². The molecule has 0 spiro atoms. The molecule has 170 valence electrons. The van der Waals surface area contributed by atoms with Gasteiger partial charge in [-0.2, -0.15) is 0 Å². The Labute approximate surface area is 189 Å². The molecule has 0 amide bonds. The fraction of sp³-hybridized carbons (Fsp3) is 0.200. The summed E-state index contributed by atoms with van der Waals surface area (Å²) in [6.45, 7) is 0.587. The van der Waals surface area contributed by atoms with Crippen LogP contribution < -0.4 is 5.14 Å². The molecule has 3 N–H and O–H groups in total. The first-order valence-electron chi connectivity index (χ1n) is 9.88. The van der Waals surface area contributed by atoms with Crippen molar-refractivity contribution in [1.29, 1.82) is 0 Å². The predicted molar refractivity (Wildman–Crippen MR) is 120 cm³/mol. The molecule has 4 aromatic rings. The van der Waals surface area contributed by atoms with E-state index in [9.17, 15) is 16.8 Å². The highest BCUT2D eigenvalue weighted by molar-refractivity contribution is 7.94. The van der Waals surface area contributed by atoms with Crippen molar-refractivity contribution >= 4 is 30.8 Å². The molecule has 33 heavy (non-hydrogen) atoms. The van der Waals surface area contributed by atoms with E-state index in [2.05, 4.69) is 25.6 Å². The number of aromatic nitrogens is 5. The largest absolute Gasteiger partial charge is 0.304 e. The van der Waals surface area contributed by atoms with Gasteiger partial charge in [-0.25, -0.2) is 27.1 Å². The number of aromatic amines is 1. The summed E-state index contributed by atoms with van der Waals surface area (Å²) in [6, 6.07) is 12.1. The first-order chi connectivity index (χ1) is 15.7. The summed E-state index contributed by atoms with van der Waals surface area (Å²) >= 11 is 0. The number of nitrogens with one attached hydrogen (secondary N) is 1. The molecule has 5 rings (SSSR count). The van der Waals surface area contributed by atoms with Gasteiger partial charge < -0.3 is 4.90 Å². The van der Waals surface area contributed by atoms with Crippen molar-refractivity contribution in [2.24, 2.45) is 5.14 Å². The van der Waals surface area contributed by atoms with Crippen LogP contribution in [0.15, 0.2) is 58.5 Å². The van der Waals surface area contributed by atoms with Gasteiger partial charge in [0.1, 0.15) is 4.90 Å². The Bertz CT molecular complexity index is 1580. The Kier molecular flexibility index (Phi) is 5.01. The molecule has 13 heteroatoms. The van der Waals surface area contributed by atoms with E-state index in [1.165, 1.54) is 12.1 Å². The van der Waals surface area contributed by atoms with Crippen LogP contribution in [-0.4, -0.2) is 72.7 Å². The summed E-state index contributed by atoms with van der Waals surface area (Å²) in [6.07, 6.45) is 1.58. The number of hydrogen-bond donors (Lipinski definition) is 2. The zero-order valence-corrected chi connectivity index (χ0v) is 19.0. The van der Waals surface area contributed by atoms with E-state index in [1.807, 2.05) is 35.2 Å². The van der Waals surface area contributed by atoms with Crippen LogP contribution in [0.1, 0.15) is 0 Å². The Morgan fingerprint density at radius 2 is 1.85 bits per heavy atom. The van der Waals surface area contributed by atoms with Crippen LogP contribution in [0.2, 0.25) is 0 Å². The molecule has 1 aliphatic rings. The SMILES string of the molecule is CN1CC(S(=O)(=O)c2ccc(-c3cnc4ccccc4c3)c(-c3nnn[nH]3)c2S(N)(=O)=O)C1. The number of tetrazole rings is 1. The lowest BCUT2D eigenvalue weighted by Gasteiger charge is -2.35. The van der Waals surface area contributed by atoms with Crippen molar-refractivity contribution in [3.05, 3.63) is 48.7 Å². The third-order valence-electron chi connectivity index (χ3n) is 5.67. The number of nitrogens with zero attached hydrogens (tertiary/aromatic N) is 5. The van der Waals surface area contributed by atoms with Gasteiger partial charge in [0.05, 0.1) is 15.7 Å². The number of nitrogens with two attached hydrogens (primary N) is 1. The number of fused-ring (bicyclic) bond motifs is 1. The zero-order valence-electron chi connectivity index (χ0n) is 17.4. The van der Waals surface area contributed by atoms with Crippen LogP contribution >= 0.6 is 0 Å². The number of H-pyrrole nitrogens is 1. The van der Waals surface area contributed by atoms with Gasteiger partial charge in [-0.3, -0.25) is 4.98 Å². The number of benzene rings is 2. The van der Waals surface area contributed by atoms with E-state index in [1.54, 1.807) is 13.2 Å². The summed E-state index contributed by atoms with van der Waals surface area (Å²) in [5.74, 6) is -0.0232. The fourth-order valence-electron chi connectivity index (χ4n) is 4.05. The molecule has 3 heterocycles. The third kappa shape index (κ3) is 3.68. The second-order valence-electron chi connectivity index (χ2n) is 7.92. The predicted octanol–water partition coefficient (Wildman–Crippen LogP) is 0.817. The summed E-state index contributed by atoms with van der Waals surface area (Å²) in [5, 5.41) is 19.2. The molecule has 0 aliphatic carbocycles. The molecule has 0 bridgehead atoms. The first kappa shape index (κ1) is 21.6. The van der Waals surface area contributed by atoms with Gasteiger partial charge in [0.25, 0.3) is 0 Å². The lowest BCUT2D eigenvalue weighted by molar-refractivity contribution is 0.231. The van der Waals surface area contributed by atoms with Crippen molar-refractivity contribution in [3.63, 3.8) is 0 Å². The van der Waals surface area contributed by atoms with E-state index < -0.39 is 30.0 Å². The lowest BCUT2D eigenvalue weighted by Crippen LogP contribution is -2.52. The zero-order chi connectivity index (χ0) is 23.4. The minimum Gasteiger partial charge on any atom is -0.304 e. The van der Waals surface area contributed by atoms with Crippen LogP contribution in [0.25, 0.3) is 33.4 Å². The maximum Gasteiger partial charge on any atom is 0.240 e. The Hall–Kier alpha value is -3.26. The smallest absolute Gasteiger partial charge is 0.240 e. The van der Waals surface area contributed by atoms with Gasteiger partial charge in [0.15, 0.2) is 15.7 Å². The topological polar surface area (TPSA) is 165 Å². The van der Waals surface area contributed by atoms with Crippen LogP contribution in [0.3, 0.4) is 0 Å². The summed E-state index contributed by atoms with van der Waals surface area (Å²) in [4.78, 5) is 5.36. The molecule has 2 aromatic heterocycles. The quantitative estimate of drug-likeness (QED) is 0.416. The molecule has 11 nitrogen and oxygen atoms in total. The van der Waals surface area contributed by atoms with E-state index in [0.29, 0.717) is 24.2 Å². The number of sulfonamides is 1. The number of rotatable bonds is 5. The van der Waals surface area contributed by atoms with E-state index >= 15 is 0 Å². The van der Waals surface area contributed by atoms with Gasteiger partial charge in [-0.1, -0.05) is 24.3 Å². The molecule has 1 aliphatic heterocycles. The Balaban J connectivity index is 1.83. The molecule has 1 saturated heterocycles. The minimum absolute atomic E-state index is 0.0201. The number of pyridine rings is 1. The van der Waals surface area contributed by atoms with Crippen LogP contribution in [0.4, 0.5) is 0 Å². The molecular weight excluding hydrogens is 466 g/mol. The molecule has 1 fully saturated rings. The van der Waals surface area contributed by atoms with Crippen molar-refractivity contribution < 1.29 is 16.8 Å². The highest BCUT2D eigenvalue weighted by atomic mass is 32.2. The molecule has 0 unspecified atom stereocenters. The van der Waals surface area contributed by atoms with Gasteiger partial charge >= 0.3 is 0 Å². The number of primary sulfonamides is 1. The second-order valence-corrected chi connectivity index (χ2v) is 11.6. The molecule has 0 saturated carbocycles. The highest BCUT2D eigenvalue weighted by Crippen LogP contribution is 2.40. The number of hydrogen-bond acceptors (Lipinski definition) is 9. The Morgan fingerprint density at radius 3 is 2.52 bits per heavy atom. The molecule has 2 aromatic carbocycles. The summed E-state index contributed by atoms with van der Waals surface area (Å²) in [5.41, 5.74) is 1.66. The lowest BCUT2D eigenvalue weighted by atomic mass is 9.99. The summed E-state index contributed by atoms with van der Waals surface area (Å²) in [7, 11) is -6.72. The van der Waals surface area contributed by atoms with Crippen molar-refractivity contribution in [3.8, 4) is 22.5 Å². The normalized spacial score (nSPS) is 15.6. The number of sulfone groups is 1. The van der Waals surface area contributed by atoms with Crippen LogP contribution in [0, 0.1) is 0 Å². The van der Waals surface area contributed by atoms with Gasteiger partial charge in [0, 0.05) is 35.8 Å². The van der Waals surface area contributed by atoms with Gasteiger partial charge in [-0.05, 0) is 41.2 Å². The monoisotopic (exact) mass is 485 g/mol. The minimum atomic E-state index is -4.51. The molecule has 0 atom stereocenters. The Morgan fingerprint density at radius 1 is 1.09 bits per heavy atom. The molecular formula is C20H19N7O4S2. The van der Waals surface area contributed by atoms with Crippen LogP contribution in [-0.2, 0) is 19.9 Å². The summed E-state index contributed by atoms with van der Waals surface area (Å²) < 4.78 is 52.3. The van der Waals surface area contributed by atoms with E-state index in [4.69, 9.17) is 5.14 Å². The van der Waals surface area contributed by atoms with Crippen molar-refractivity contribution in [1.82, 2.24) is 30.5 Å².